The van der Waals surface area contributed by atoms with Gasteiger partial charge in [0.15, 0.2) is 0 Å². The number of benzene rings is 2. The summed E-state index contributed by atoms with van der Waals surface area (Å²) < 4.78 is 36.6. The van der Waals surface area contributed by atoms with E-state index in [9.17, 15) is 13.2 Å². The molecule has 1 N–H and O–H groups in total. The third kappa shape index (κ3) is 6.39. The monoisotopic (exact) mass is 420 g/mol. The lowest BCUT2D eigenvalue weighted by molar-refractivity contribution is -0.120. The summed E-state index contributed by atoms with van der Waals surface area (Å²) in [5.41, 5.74) is 2.12. The quantitative estimate of drug-likeness (QED) is 0.674. The Morgan fingerprint density at radius 1 is 1.07 bits per heavy atom. The van der Waals surface area contributed by atoms with Crippen molar-refractivity contribution in [3.05, 3.63) is 53.6 Å². The third-order valence-electron chi connectivity index (χ3n) is 4.34. The van der Waals surface area contributed by atoms with E-state index < -0.39 is 15.9 Å². The number of carbonyl (C=O) groups is 1. The molecule has 2 aromatic rings. The van der Waals surface area contributed by atoms with Gasteiger partial charge in [0.05, 0.1) is 25.1 Å². The molecule has 29 heavy (non-hydrogen) atoms. The number of hydrogen-bond acceptors (Lipinski definition) is 5. The van der Waals surface area contributed by atoms with Crippen LogP contribution in [0.15, 0.2) is 42.5 Å². The third-order valence-corrected chi connectivity index (χ3v) is 5.46. The van der Waals surface area contributed by atoms with E-state index in [-0.39, 0.29) is 19.2 Å². The molecule has 0 fully saturated rings. The smallest absolute Gasteiger partial charge is 0.241 e. The van der Waals surface area contributed by atoms with Gasteiger partial charge in [0, 0.05) is 0 Å². The van der Waals surface area contributed by atoms with Gasteiger partial charge >= 0.3 is 0 Å². The van der Waals surface area contributed by atoms with Crippen LogP contribution < -0.4 is 19.1 Å². The number of rotatable bonds is 9. The minimum atomic E-state index is -3.63. The zero-order valence-electron chi connectivity index (χ0n) is 17.4. The Morgan fingerprint density at radius 2 is 1.62 bits per heavy atom. The summed E-state index contributed by atoms with van der Waals surface area (Å²) in [5.74, 6) is 0.982. The standard InChI is InChI=1S/C21H28N2O5S/c1-15-7-6-8-16(2)21(15)23(29(5,25)26)13-20(24)22-17(3)14-28-19-11-9-18(27-4)10-12-19/h6-12,17H,13-14H2,1-5H3,(H,22,24). The van der Waals surface area contributed by atoms with Crippen molar-refractivity contribution in [2.75, 3.05) is 30.8 Å². The van der Waals surface area contributed by atoms with Crippen molar-refractivity contribution in [2.45, 2.75) is 26.8 Å². The molecule has 0 saturated carbocycles. The number of methoxy groups -OCH3 is 1. The molecular weight excluding hydrogens is 392 g/mol. The Labute approximate surface area is 172 Å². The van der Waals surface area contributed by atoms with E-state index in [1.165, 1.54) is 0 Å². The number of nitrogens with zero attached hydrogens (tertiary/aromatic N) is 1. The lowest BCUT2D eigenvalue weighted by Crippen LogP contribution is -2.45. The number of anilines is 1. The first-order valence-electron chi connectivity index (χ1n) is 9.22. The van der Waals surface area contributed by atoms with E-state index >= 15 is 0 Å². The zero-order valence-corrected chi connectivity index (χ0v) is 18.2. The van der Waals surface area contributed by atoms with Gasteiger partial charge in [-0.05, 0) is 56.2 Å². The first-order chi connectivity index (χ1) is 13.6. The molecular formula is C21H28N2O5S. The van der Waals surface area contributed by atoms with Gasteiger partial charge in [-0.2, -0.15) is 0 Å². The molecule has 0 aromatic heterocycles. The number of amides is 1. The average Bonchev–Trinajstić information content (AvgIpc) is 2.65. The zero-order chi connectivity index (χ0) is 21.6. The van der Waals surface area contributed by atoms with E-state index in [1.54, 1.807) is 38.3 Å². The predicted molar refractivity (Wildman–Crippen MR) is 114 cm³/mol. The van der Waals surface area contributed by atoms with Crippen LogP contribution in [-0.2, 0) is 14.8 Å². The molecule has 2 rings (SSSR count). The van der Waals surface area contributed by atoms with Crippen LogP contribution >= 0.6 is 0 Å². The highest BCUT2D eigenvalue weighted by atomic mass is 32.2. The molecule has 1 unspecified atom stereocenters. The van der Waals surface area contributed by atoms with Crippen LogP contribution in [0.4, 0.5) is 5.69 Å². The van der Waals surface area contributed by atoms with Crippen molar-refractivity contribution in [1.29, 1.82) is 0 Å². The summed E-state index contributed by atoms with van der Waals surface area (Å²) >= 11 is 0. The van der Waals surface area contributed by atoms with Gasteiger partial charge in [-0.3, -0.25) is 9.10 Å². The summed E-state index contributed by atoms with van der Waals surface area (Å²) in [4.78, 5) is 12.5. The van der Waals surface area contributed by atoms with Gasteiger partial charge in [0.1, 0.15) is 24.7 Å². The predicted octanol–water partition coefficient (Wildman–Crippen LogP) is 2.66. The summed E-state index contributed by atoms with van der Waals surface area (Å²) in [6, 6.07) is 12.3. The first-order valence-corrected chi connectivity index (χ1v) is 11.1. The normalized spacial score (nSPS) is 12.2. The second kappa shape index (κ2) is 9.65. The van der Waals surface area contributed by atoms with Crippen LogP contribution in [0, 0.1) is 13.8 Å². The summed E-state index contributed by atoms with van der Waals surface area (Å²) in [5, 5.41) is 2.79. The Bertz CT molecular complexity index is 922. The number of para-hydroxylation sites is 1. The highest BCUT2D eigenvalue weighted by molar-refractivity contribution is 7.92. The SMILES string of the molecule is COc1ccc(OCC(C)NC(=O)CN(c2c(C)cccc2C)S(C)(=O)=O)cc1. The van der Waals surface area contributed by atoms with E-state index in [4.69, 9.17) is 9.47 Å². The van der Waals surface area contributed by atoms with E-state index in [0.29, 0.717) is 11.4 Å². The number of ether oxygens (including phenoxy) is 2. The molecule has 0 aliphatic heterocycles. The van der Waals surface area contributed by atoms with Gasteiger partial charge in [-0.25, -0.2) is 8.42 Å². The molecule has 1 amide bonds. The summed E-state index contributed by atoms with van der Waals surface area (Å²) in [6.45, 7) is 5.40. The van der Waals surface area contributed by atoms with Crippen molar-refractivity contribution >= 4 is 21.6 Å². The average molecular weight is 421 g/mol. The van der Waals surface area contributed by atoms with E-state index in [1.807, 2.05) is 32.0 Å². The number of sulfonamides is 1. The Balaban J connectivity index is 2.00. The van der Waals surface area contributed by atoms with E-state index in [2.05, 4.69) is 5.32 Å². The van der Waals surface area contributed by atoms with E-state index in [0.717, 1.165) is 27.4 Å². The maximum atomic E-state index is 12.5. The minimum absolute atomic E-state index is 0.250. The molecule has 2 aromatic carbocycles. The van der Waals surface area contributed by atoms with Crippen LogP contribution in [0.3, 0.4) is 0 Å². The van der Waals surface area contributed by atoms with Crippen molar-refractivity contribution in [1.82, 2.24) is 5.32 Å². The fourth-order valence-corrected chi connectivity index (χ4v) is 3.92. The maximum absolute atomic E-state index is 12.5. The molecule has 7 nitrogen and oxygen atoms in total. The molecule has 0 radical (unpaired) electrons. The second-order valence-corrected chi connectivity index (χ2v) is 8.87. The van der Waals surface area contributed by atoms with Crippen LogP contribution in [0.5, 0.6) is 11.5 Å². The topological polar surface area (TPSA) is 84.9 Å². The number of aryl methyl sites for hydroxylation is 2. The minimum Gasteiger partial charge on any atom is -0.497 e. The van der Waals surface area contributed by atoms with Gasteiger partial charge < -0.3 is 14.8 Å². The van der Waals surface area contributed by atoms with Gasteiger partial charge in [-0.15, -0.1) is 0 Å². The lowest BCUT2D eigenvalue weighted by Gasteiger charge is -2.26. The van der Waals surface area contributed by atoms with Crippen LogP contribution in [0.25, 0.3) is 0 Å². The molecule has 8 heteroatoms. The Hall–Kier alpha value is -2.74. The van der Waals surface area contributed by atoms with Crippen LogP contribution in [0.2, 0.25) is 0 Å². The van der Waals surface area contributed by atoms with Crippen molar-refractivity contribution in [2.24, 2.45) is 0 Å². The van der Waals surface area contributed by atoms with Crippen molar-refractivity contribution < 1.29 is 22.7 Å². The maximum Gasteiger partial charge on any atom is 0.241 e. The Kier molecular flexibility index (Phi) is 7.50. The molecule has 158 valence electrons. The number of hydrogen-bond donors (Lipinski definition) is 1. The summed E-state index contributed by atoms with van der Waals surface area (Å²) in [7, 11) is -2.04. The molecule has 0 heterocycles. The van der Waals surface area contributed by atoms with Gasteiger partial charge in [-0.1, -0.05) is 18.2 Å². The largest absolute Gasteiger partial charge is 0.497 e. The molecule has 0 saturated heterocycles. The van der Waals surface area contributed by atoms with Crippen LogP contribution in [-0.4, -0.2) is 46.9 Å². The second-order valence-electron chi connectivity index (χ2n) is 6.97. The molecule has 0 aliphatic carbocycles. The fraction of sp³-hybridized carbons (Fsp3) is 0.381. The highest BCUT2D eigenvalue weighted by Crippen LogP contribution is 2.26. The molecule has 1 atom stereocenters. The van der Waals surface area contributed by atoms with Gasteiger partial charge in [0.25, 0.3) is 0 Å². The van der Waals surface area contributed by atoms with Crippen molar-refractivity contribution in [3.63, 3.8) is 0 Å². The number of nitrogens with one attached hydrogen (secondary N) is 1. The molecule has 0 bridgehead atoms. The number of carbonyl (C=O) groups excluding carboxylic acids is 1. The highest BCUT2D eigenvalue weighted by Gasteiger charge is 2.24. The lowest BCUT2D eigenvalue weighted by atomic mass is 10.1. The molecule has 0 spiro atoms. The summed E-state index contributed by atoms with van der Waals surface area (Å²) in [6.07, 6.45) is 1.10. The fourth-order valence-electron chi connectivity index (χ4n) is 2.95. The van der Waals surface area contributed by atoms with Crippen molar-refractivity contribution in [3.8, 4) is 11.5 Å². The van der Waals surface area contributed by atoms with Gasteiger partial charge in [0.2, 0.25) is 15.9 Å². The molecule has 0 aliphatic rings. The Morgan fingerprint density at radius 3 is 2.14 bits per heavy atom. The van der Waals surface area contributed by atoms with Crippen LogP contribution in [0.1, 0.15) is 18.1 Å². The first kappa shape index (κ1) is 22.5.